The van der Waals surface area contributed by atoms with E-state index in [0.717, 1.165) is 17.8 Å². The van der Waals surface area contributed by atoms with Gasteiger partial charge >= 0.3 is 0 Å². The van der Waals surface area contributed by atoms with Crippen molar-refractivity contribution < 1.29 is 0 Å². The third kappa shape index (κ3) is 3.04. The average Bonchev–Trinajstić information content (AvgIpc) is 2.95. The van der Waals surface area contributed by atoms with Gasteiger partial charge in [-0.3, -0.25) is 0 Å². The lowest BCUT2D eigenvalue weighted by Crippen LogP contribution is -1.99. The van der Waals surface area contributed by atoms with Crippen LogP contribution in [0.2, 0.25) is 0 Å². The van der Waals surface area contributed by atoms with Crippen LogP contribution in [0.4, 0.5) is 11.4 Å². The highest BCUT2D eigenvalue weighted by atomic mass is 15.0. The van der Waals surface area contributed by atoms with Crippen molar-refractivity contribution in [3.8, 4) is 5.69 Å². The predicted molar refractivity (Wildman–Crippen MR) is 132 cm³/mol. The maximum atomic E-state index is 3.66. The number of para-hydroxylation sites is 1. The van der Waals surface area contributed by atoms with E-state index >= 15 is 0 Å². The van der Waals surface area contributed by atoms with Crippen LogP contribution in [0, 0.1) is 0 Å². The molecule has 1 N–H and O–H groups in total. The minimum Gasteiger partial charge on any atom is -0.355 e. The van der Waals surface area contributed by atoms with Crippen molar-refractivity contribution in [2.24, 2.45) is 0 Å². The first-order chi connectivity index (χ1) is 15.4. The Balaban J connectivity index is 1.52. The van der Waals surface area contributed by atoms with E-state index in [0.29, 0.717) is 0 Å². The van der Waals surface area contributed by atoms with Crippen molar-refractivity contribution in [2.75, 3.05) is 5.32 Å². The van der Waals surface area contributed by atoms with Gasteiger partial charge in [0.05, 0.1) is 5.52 Å². The van der Waals surface area contributed by atoms with E-state index in [2.05, 4.69) is 125 Å². The molecular formula is C29H22N2. The van der Waals surface area contributed by atoms with E-state index in [-0.39, 0.29) is 0 Å². The summed E-state index contributed by atoms with van der Waals surface area (Å²) in [5.74, 6) is 0. The zero-order valence-electron chi connectivity index (χ0n) is 17.1. The Morgan fingerprint density at radius 2 is 1.55 bits per heavy atom. The topological polar surface area (TPSA) is 17.0 Å². The first kappa shape index (κ1) is 17.8. The quantitative estimate of drug-likeness (QED) is 0.330. The zero-order chi connectivity index (χ0) is 20.6. The molecule has 0 saturated carbocycles. The Kier molecular flexibility index (Phi) is 4.21. The van der Waals surface area contributed by atoms with Crippen molar-refractivity contribution in [3.63, 3.8) is 0 Å². The molecule has 0 saturated heterocycles. The highest BCUT2D eigenvalue weighted by Crippen LogP contribution is 2.35. The van der Waals surface area contributed by atoms with E-state index in [1.165, 1.54) is 38.6 Å². The molecule has 6 rings (SSSR count). The third-order valence-corrected chi connectivity index (χ3v) is 6.01. The second-order valence-electron chi connectivity index (χ2n) is 7.91. The predicted octanol–water partition coefficient (Wildman–Crippen LogP) is 7.65. The molecule has 0 radical (unpaired) electrons. The van der Waals surface area contributed by atoms with Crippen LogP contribution in [0.1, 0.15) is 11.3 Å². The SMILES string of the molecule is C1=CCc2c(c3cc(Nc4cccc5ccccc45)ccc3n2-c2ccccc2)C=C1. The van der Waals surface area contributed by atoms with E-state index in [1.54, 1.807) is 0 Å². The molecule has 5 aromatic rings. The Labute approximate surface area is 181 Å². The number of nitrogens with one attached hydrogen (secondary N) is 1. The van der Waals surface area contributed by atoms with Gasteiger partial charge in [-0.2, -0.15) is 0 Å². The van der Waals surface area contributed by atoms with Gasteiger partial charge < -0.3 is 9.88 Å². The van der Waals surface area contributed by atoms with Gasteiger partial charge in [0.25, 0.3) is 0 Å². The normalized spacial score (nSPS) is 12.8. The summed E-state index contributed by atoms with van der Waals surface area (Å²) >= 11 is 0. The minimum absolute atomic E-state index is 0.915. The molecule has 1 aliphatic carbocycles. The smallest absolute Gasteiger partial charge is 0.0539 e. The molecule has 0 bridgehead atoms. The fourth-order valence-electron chi connectivity index (χ4n) is 4.60. The van der Waals surface area contributed by atoms with Gasteiger partial charge in [-0.05, 0) is 41.8 Å². The first-order valence-electron chi connectivity index (χ1n) is 10.7. The summed E-state index contributed by atoms with van der Waals surface area (Å²) in [6.07, 6.45) is 9.67. The second kappa shape index (κ2) is 7.33. The van der Waals surface area contributed by atoms with Crippen LogP contribution in [0.25, 0.3) is 33.4 Å². The van der Waals surface area contributed by atoms with E-state index in [1.807, 2.05) is 0 Å². The van der Waals surface area contributed by atoms with Crippen LogP contribution in [-0.2, 0) is 6.42 Å². The molecule has 0 atom stereocenters. The van der Waals surface area contributed by atoms with Crippen LogP contribution in [-0.4, -0.2) is 4.57 Å². The first-order valence-corrected chi connectivity index (χ1v) is 10.7. The zero-order valence-corrected chi connectivity index (χ0v) is 17.1. The molecule has 2 heteroatoms. The van der Waals surface area contributed by atoms with Crippen LogP contribution in [0.3, 0.4) is 0 Å². The van der Waals surface area contributed by atoms with E-state index in [4.69, 9.17) is 0 Å². The molecular weight excluding hydrogens is 376 g/mol. The lowest BCUT2D eigenvalue weighted by Gasteiger charge is -2.12. The number of rotatable bonds is 3. The molecule has 1 aromatic heterocycles. The molecule has 0 aliphatic heterocycles. The molecule has 0 unspecified atom stereocenters. The molecule has 0 spiro atoms. The van der Waals surface area contributed by atoms with Gasteiger partial charge in [-0.25, -0.2) is 0 Å². The minimum atomic E-state index is 0.915. The largest absolute Gasteiger partial charge is 0.355 e. The fraction of sp³-hybridized carbons (Fsp3) is 0.0345. The summed E-state index contributed by atoms with van der Waals surface area (Å²) < 4.78 is 2.40. The number of nitrogens with zero attached hydrogens (tertiary/aromatic N) is 1. The summed E-state index contributed by atoms with van der Waals surface area (Å²) in [5, 5.41) is 7.40. The fourth-order valence-corrected chi connectivity index (χ4v) is 4.60. The molecule has 1 heterocycles. The van der Waals surface area contributed by atoms with Crippen molar-refractivity contribution in [1.82, 2.24) is 4.57 Å². The van der Waals surface area contributed by atoms with Gasteiger partial charge in [-0.15, -0.1) is 0 Å². The number of anilines is 2. The summed E-state index contributed by atoms with van der Waals surface area (Å²) in [7, 11) is 0. The summed E-state index contributed by atoms with van der Waals surface area (Å²) in [4.78, 5) is 0. The van der Waals surface area contributed by atoms with Gasteiger partial charge in [-0.1, -0.05) is 78.9 Å². The Morgan fingerprint density at radius 1 is 0.710 bits per heavy atom. The molecule has 148 valence electrons. The number of aromatic nitrogens is 1. The molecule has 1 aliphatic rings. The standard InChI is InChI=1S/C29H22N2/c1-3-12-23(13-4-1)31-28-17-6-2-5-15-25(28)26-20-22(18-19-29(26)31)30-27-16-9-11-21-10-7-8-14-24(21)27/h1-16,18-20,30H,17H2. The lowest BCUT2D eigenvalue weighted by molar-refractivity contribution is 1.00. The molecule has 2 nitrogen and oxygen atoms in total. The van der Waals surface area contributed by atoms with Crippen LogP contribution in [0.5, 0.6) is 0 Å². The van der Waals surface area contributed by atoms with Gasteiger partial charge in [0, 0.05) is 45.5 Å². The number of allylic oxidation sites excluding steroid dienone is 3. The van der Waals surface area contributed by atoms with E-state index < -0.39 is 0 Å². The number of hydrogen-bond donors (Lipinski definition) is 1. The molecule has 4 aromatic carbocycles. The number of benzene rings is 4. The summed E-state index contributed by atoms with van der Waals surface area (Å²) in [6.45, 7) is 0. The van der Waals surface area contributed by atoms with Crippen LogP contribution < -0.4 is 5.32 Å². The van der Waals surface area contributed by atoms with Crippen molar-refractivity contribution in [1.29, 1.82) is 0 Å². The third-order valence-electron chi connectivity index (χ3n) is 6.01. The average molecular weight is 399 g/mol. The Bertz CT molecular complexity index is 1460. The highest BCUT2D eigenvalue weighted by molar-refractivity contribution is 5.98. The van der Waals surface area contributed by atoms with Crippen molar-refractivity contribution >= 4 is 39.1 Å². The number of hydrogen-bond acceptors (Lipinski definition) is 1. The highest BCUT2D eigenvalue weighted by Gasteiger charge is 2.17. The van der Waals surface area contributed by atoms with Crippen molar-refractivity contribution in [2.45, 2.75) is 6.42 Å². The lowest BCUT2D eigenvalue weighted by atomic mass is 10.1. The molecule has 0 amide bonds. The molecule has 0 fully saturated rings. The van der Waals surface area contributed by atoms with Gasteiger partial charge in [0.1, 0.15) is 0 Å². The second-order valence-corrected chi connectivity index (χ2v) is 7.91. The van der Waals surface area contributed by atoms with Gasteiger partial charge in [0.2, 0.25) is 0 Å². The number of fused-ring (bicyclic) bond motifs is 4. The van der Waals surface area contributed by atoms with Crippen LogP contribution >= 0.6 is 0 Å². The molecule has 31 heavy (non-hydrogen) atoms. The van der Waals surface area contributed by atoms with Crippen LogP contribution in [0.15, 0.2) is 109 Å². The monoisotopic (exact) mass is 398 g/mol. The summed E-state index contributed by atoms with van der Waals surface area (Å²) in [6, 6.07) is 32.2. The van der Waals surface area contributed by atoms with Gasteiger partial charge in [0.15, 0.2) is 0 Å². The maximum absolute atomic E-state index is 3.66. The van der Waals surface area contributed by atoms with Crippen molar-refractivity contribution in [3.05, 3.63) is 120 Å². The maximum Gasteiger partial charge on any atom is 0.0539 e. The Morgan fingerprint density at radius 3 is 2.48 bits per heavy atom. The Hall–Kier alpha value is -4.04. The van der Waals surface area contributed by atoms with E-state index in [9.17, 15) is 0 Å². The summed E-state index contributed by atoms with van der Waals surface area (Å²) in [5.41, 5.74) is 7.29.